The molecule has 0 saturated carbocycles. The Morgan fingerprint density at radius 3 is 3.17 bits per heavy atom. The van der Waals surface area contributed by atoms with Gasteiger partial charge in [0.05, 0.1) is 0 Å². The summed E-state index contributed by atoms with van der Waals surface area (Å²) in [6, 6.07) is 3.04. The molecule has 0 bridgehead atoms. The molecule has 62 valence electrons. The summed E-state index contributed by atoms with van der Waals surface area (Å²) < 4.78 is 4.49. The number of carbonyl (C=O) groups is 1. The van der Waals surface area contributed by atoms with E-state index in [1.807, 2.05) is 0 Å². The normalized spacial score (nSPS) is 9.00. The Morgan fingerprint density at radius 2 is 2.67 bits per heavy atom. The van der Waals surface area contributed by atoms with Crippen LogP contribution in [0.5, 0.6) is 0 Å². The number of alkyl halides is 1. The van der Waals surface area contributed by atoms with E-state index in [1.54, 1.807) is 6.07 Å². The predicted molar refractivity (Wildman–Crippen MR) is 40.6 cm³/mol. The molecule has 0 atom stereocenters. The SMILES string of the molecule is N#Cc1cc(NC(=O)CCl)no1. The van der Waals surface area contributed by atoms with E-state index < -0.39 is 5.91 Å². The number of aromatic nitrogens is 1. The molecule has 1 N–H and O–H groups in total. The molecule has 0 fully saturated rings. The number of nitrogens with one attached hydrogen (secondary N) is 1. The van der Waals surface area contributed by atoms with Gasteiger partial charge >= 0.3 is 0 Å². The second kappa shape index (κ2) is 3.74. The smallest absolute Gasteiger partial charge is 0.240 e. The molecule has 0 saturated heterocycles. The maximum atomic E-state index is 10.7. The van der Waals surface area contributed by atoms with E-state index in [0.717, 1.165) is 0 Å². The predicted octanol–water partition coefficient (Wildman–Crippen LogP) is 0.724. The topological polar surface area (TPSA) is 78.9 Å². The second-order valence-electron chi connectivity index (χ2n) is 1.87. The van der Waals surface area contributed by atoms with Gasteiger partial charge in [-0.05, 0) is 0 Å². The van der Waals surface area contributed by atoms with Crippen LogP contribution in [0.1, 0.15) is 5.76 Å². The lowest BCUT2D eigenvalue weighted by Crippen LogP contribution is -2.12. The van der Waals surface area contributed by atoms with Gasteiger partial charge in [0, 0.05) is 6.07 Å². The molecule has 0 aliphatic heterocycles. The number of carbonyl (C=O) groups excluding carboxylic acids is 1. The highest BCUT2D eigenvalue weighted by Crippen LogP contribution is 2.06. The molecule has 0 unspecified atom stereocenters. The number of nitrogens with zero attached hydrogens (tertiary/aromatic N) is 2. The van der Waals surface area contributed by atoms with Gasteiger partial charge in [-0.15, -0.1) is 11.6 Å². The van der Waals surface area contributed by atoms with E-state index in [4.69, 9.17) is 16.9 Å². The summed E-state index contributed by atoms with van der Waals surface area (Å²) in [5.41, 5.74) is 0. The van der Waals surface area contributed by atoms with E-state index in [1.165, 1.54) is 6.07 Å². The zero-order chi connectivity index (χ0) is 8.97. The van der Waals surface area contributed by atoms with E-state index in [0.29, 0.717) is 0 Å². The lowest BCUT2D eigenvalue weighted by atomic mass is 10.5. The molecular formula is C6H4ClN3O2. The number of hydrogen-bond acceptors (Lipinski definition) is 4. The average molecular weight is 186 g/mol. The summed E-state index contributed by atoms with van der Waals surface area (Å²) in [6.07, 6.45) is 0. The fourth-order valence-corrected chi connectivity index (χ4v) is 0.630. The number of nitriles is 1. The Bertz CT molecular complexity index is 328. The van der Waals surface area contributed by atoms with Crippen molar-refractivity contribution in [1.82, 2.24) is 5.16 Å². The van der Waals surface area contributed by atoms with Crippen LogP contribution in [0.4, 0.5) is 5.82 Å². The fourth-order valence-electron chi connectivity index (χ4n) is 0.563. The summed E-state index contributed by atoms with van der Waals surface area (Å²) in [6.45, 7) is 0. The molecule has 0 aliphatic carbocycles. The molecule has 6 heteroatoms. The van der Waals surface area contributed by atoms with Gasteiger partial charge in [0.25, 0.3) is 0 Å². The van der Waals surface area contributed by atoms with E-state index in [9.17, 15) is 4.79 Å². The van der Waals surface area contributed by atoms with Crippen LogP contribution in [0.3, 0.4) is 0 Å². The van der Waals surface area contributed by atoms with Crippen LogP contribution < -0.4 is 5.32 Å². The molecular weight excluding hydrogens is 182 g/mol. The highest BCUT2D eigenvalue weighted by atomic mass is 35.5. The van der Waals surface area contributed by atoms with E-state index in [-0.39, 0.29) is 17.5 Å². The molecule has 1 heterocycles. The number of hydrogen-bond donors (Lipinski definition) is 1. The highest BCUT2D eigenvalue weighted by Gasteiger charge is 2.05. The van der Waals surface area contributed by atoms with Gasteiger partial charge in [0.15, 0.2) is 5.82 Å². The van der Waals surface area contributed by atoms with Gasteiger partial charge in [-0.25, -0.2) is 0 Å². The molecule has 1 aromatic rings. The maximum absolute atomic E-state index is 10.7. The Labute approximate surface area is 72.9 Å². The number of halogens is 1. The second-order valence-corrected chi connectivity index (χ2v) is 2.14. The number of anilines is 1. The molecule has 1 aromatic heterocycles. The number of rotatable bonds is 2. The maximum Gasteiger partial charge on any atom is 0.240 e. The largest absolute Gasteiger partial charge is 0.343 e. The lowest BCUT2D eigenvalue weighted by molar-refractivity contribution is -0.114. The molecule has 1 rings (SSSR count). The van der Waals surface area contributed by atoms with Gasteiger partial charge in [0.2, 0.25) is 11.7 Å². The Balaban J connectivity index is 2.65. The monoisotopic (exact) mass is 185 g/mol. The zero-order valence-corrected chi connectivity index (χ0v) is 6.63. The van der Waals surface area contributed by atoms with Crippen LogP contribution in [0.15, 0.2) is 10.6 Å². The lowest BCUT2D eigenvalue weighted by Gasteiger charge is -1.92. The molecule has 5 nitrogen and oxygen atoms in total. The van der Waals surface area contributed by atoms with Crippen LogP contribution in [-0.4, -0.2) is 16.9 Å². The minimum Gasteiger partial charge on any atom is -0.343 e. The van der Waals surface area contributed by atoms with Crippen molar-refractivity contribution in [2.75, 3.05) is 11.2 Å². The van der Waals surface area contributed by atoms with Crippen molar-refractivity contribution in [3.8, 4) is 6.07 Å². The summed E-state index contributed by atoms with van der Waals surface area (Å²) in [7, 11) is 0. The van der Waals surface area contributed by atoms with Crippen molar-refractivity contribution in [3.63, 3.8) is 0 Å². The highest BCUT2D eigenvalue weighted by molar-refractivity contribution is 6.28. The van der Waals surface area contributed by atoms with Crippen LogP contribution in [0.25, 0.3) is 0 Å². The van der Waals surface area contributed by atoms with Gasteiger partial charge in [-0.3, -0.25) is 4.79 Å². The van der Waals surface area contributed by atoms with Gasteiger partial charge < -0.3 is 9.84 Å². The van der Waals surface area contributed by atoms with Crippen LogP contribution >= 0.6 is 11.6 Å². The summed E-state index contributed by atoms with van der Waals surface area (Å²) >= 11 is 5.21. The van der Waals surface area contributed by atoms with Crippen LogP contribution in [0, 0.1) is 11.3 Å². The Kier molecular flexibility index (Phi) is 2.66. The third-order valence-electron chi connectivity index (χ3n) is 1.01. The third-order valence-corrected chi connectivity index (χ3v) is 1.25. The Hall–Kier alpha value is -1.54. The third kappa shape index (κ3) is 1.97. The van der Waals surface area contributed by atoms with Crippen molar-refractivity contribution in [2.45, 2.75) is 0 Å². The van der Waals surface area contributed by atoms with Crippen molar-refractivity contribution < 1.29 is 9.32 Å². The van der Waals surface area contributed by atoms with E-state index in [2.05, 4.69) is 15.0 Å². The molecule has 0 spiro atoms. The van der Waals surface area contributed by atoms with Gasteiger partial charge in [0.1, 0.15) is 11.9 Å². The minimum absolute atomic E-state index is 0.0415. The summed E-state index contributed by atoms with van der Waals surface area (Å²) in [5, 5.41) is 14.0. The van der Waals surface area contributed by atoms with Crippen LogP contribution in [-0.2, 0) is 4.79 Å². The minimum atomic E-state index is -0.394. The van der Waals surface area contributed by atoms with Crippen molar-refractivity contribution >= 4 is 23.3 Å². The fraction of sp³-hybridized carbons (Fsp3) is 0.167. The number of amides is 1. The molecule has 0 radical (unpaired) electrons. The summed E-state index contributed by atoms with van der Waals surface area (Å²) in [4.78, 5) is 10.7. The zero-order valence-electron chi connectivity index (χ0n) is 5.87. The quantitative estimate of drug-likeness (QED) is 0.689. The van der Waals surface area contributed by atoms with Crippen molar-refractivity contribution in [3.05, 3.63) is 11.8 Å². The summed E-state index contributed by atoms with van der Waals surface area (Å²) in [5.74, 6) is -0.319. The van der Waals surface area contributed by atoms with Crippen molar-refractivity contribution in [1.29, 1.82) is 5.26 Å². The average Bonchev–Trinajstić information content (AvgIpc) is 2.52. The Morgan fingerprint density at radius 1 is 1.92 bits per heavy atom. The van der Waals surface area contributed by atoms with Crippen LogP contribution in [0.2, 0.25) is 0 Å². The first-order valence-corrected chi connectivity index (χ1v) is 3.52. The molecule has 1 amide bonds. The first-order chi connectivity index (χ1) is 5.76. The first-order valence-electron chi connectivity index (χ1n) is 2.99. The first kappa shape index (κ1) is 8.56. The van der Waals surface area contributed by atoms with Crippen molar-refractivity contribution in [2.24, 2.45) is 0 Å². The molecule has 0 aliphatic rings. The van der Waals surface area contributed by atoms with Gasteiger partial charge in [-0.2, -0.15) is 5.26 Å². The molecule has 0 aromatic carbocycles. The standard InChI is InChI=1S/C6H4ClN3O2/c7-2-6(11)9-5-1-4(3-8)12-10-5/h1H,2H2,(H,9,10,11). The van der Waals surface area contributed by atoms with Gasteiger partial charge in [-0.1, -0.05) is 5.16 Å². The molecule has 12 heavy (non-hydrogen) atoms. The van der Waals surface area contributed by atoms with E-state index >= 15 is 0 Å².